The maximum absolute atomic E-state index is 12.9. The van der Waals surface area contributed by atoms with Crippen LogP contribution in [0.2, 0.25) is 0 Å². The number of carbonyl (C=O) groups is 2. The van der Waals surface area contributed by atoms with E-state index in [1.54, 1.807) is 30.3 Å². The van der Waals surface area contributed by atoms with Crippen molar-refractivity contribution in [1.29, 1.82) is 0 Å². The number of hydrogen-bond donors (Lipinski definition) is 3. The fourth-order valence-electron chi connectivity index (χ4n) is 5.02. The SMILES string of the molecule is COc1ccc2c(/C=C/C(=O)O)ccc(C(O)CN3CCC(C(=O)Nc4ccc5c(c4)OCCO5)CC3)c2n1. The van der Waals surface area contributed by atoms with Gasteiger partial charge in [-0.3, -0.25) is 4.79 Å². The average molecular weight is 534 g/mol. The molecule has 2 aliphatic rings. The van der Waals surface area contributed by atoms with Crippen LogP contribution in [0.1, 0.15) is 30.1 Å². The summed E-state index contributed by atoms with van der Waals surface area (Å²) in [6.45, 7) is 2.73. The maximum atomic E-state index is 12.9. The number of anilines is 1. The fraction of sp³-hybridized carbons (Fsp3) is 0.345. The Bertz CT molecular complexity index is 1400. The number of nitrogens with one attached hydrogen (secondary N) is 1. The summed E-state index contributed by atoms with van der Waals surface area (Å²) in [6, 6.07) is 12.5. The predicted octanol–water partition coefficient (Wildman–Crippen LogP) is 3.50. The van der Waals surface area contributed by atoms with Crippen LogP contribution in [0.15, 0.2) is 48.5 Å². The summed E-state index contributed by atoms with van der Waals surface area (Å²) in [5.41, 5.74) is 2.56. The molecule has 5 rings (SSSR count). The van der Waals surface area contributed by atoms with Crippen molar-refractivity contribution in [2.45, 2.75) is 18.9 Å². The summed E-state index contributed by atoms with van der Waals surface area (Å²) in [5.74, 6) is 0.516. The van der Waals surface area contributed by atoms with Crippen LogP contribution in [0.3, 0.4) is 0 Å². The van der Waals surface area contributed by atoms with Crippen molar-refractivity contribution in [3.8, 4) is 17.4 Å². The first-order chi connectivity index (χ1) is 18.9. The Morgan fingerprint density at radius 2 is 1.90 bits per heavy atom. The maximum Gasteiger partial charge on any atom is 0.328 e. The van der Waals surface area contributed by atoms with E-state index in [2.05, 4.69) is 15.2 Å². The minimum atomic E-state index is -1.04. The minimum Gasteiger partial charge on any atom is -0.486 e. The van der Waals surface area contributed by atoms with Gasteiger partial charge in [-0.2, -0.15) is 0 Å². The monoisotopic (exact) mass is 533 g/mol. The molecule has 0 aliphatic carbocycles. The number of amides is 1. The molecule has 2 aliphatic heterocycles. The zero-order valence-corrected chi connectivity index (χ0v) is 21.6. The summed E-state index contributed by atoms with van der Waals surface area (Å²) >= 11 is 0. The lowest BCUT2D eigenvalue weighted by Gasteiger charge is -2.32. The van der Waals surface area contributed by atoms with Gasteiger partial charge in [0.2, 0.25) is 11.8 Å². The highest BCUT2D eigenvalue weighted by Gasteiger charge is 2.27. The summed E-state index contributed by atoms with van der Waals surface area (Å²) < 4.78 is 16.4. The normalized spacial score (nSPS) is 16.8. The minimum absolute atomic E-state index is 0.0285. The predicted molar refractivity (Wildman–Crippen MR) is 145 cm³/mol. The average Bonchev–Trinajstić information content (AvgIpc) is 2.95. The van der Waals surface area contributed by atoms with Crippen LogP contribution in [-0.4, -0.2) is 71.9 Å². The summed E-state index contributed by atoms with van der Waals surface area (Å²) in [4.78, 5) is 30.6. The van der Waals surface area contributed by atoms with Crippen LogP contribution in [-0.2, 0) is 9.59 Å². The molecule has 10 nitrogen and oxygen atoms in total. The highest BCUT2D eigenvalue weighted by Crippen LogP contribution is 2.33. The number of benzene rings is 2. The molecule has 204 valence electrons. The first-order valence-electron chi connectivity index (χ1n) is 12.9. The molecule has 0 saturated carbocycles. The Balaban J connectivity index is 1.22. The van der Waals surface area contributed by atoms with Gasteiger partial charge in [0, 0.05) is 47.3 Å². The van der Waals surface area contributed by atoms with E-state index in [-0.39, 0.29) is 11.8 Å². The Morgan fingerprint density at radius 3 is 2.64 bits per heavy atom. The number of ether oxygens (including phenoxy) is 3. The fourth-order valence-corrected chi connectivity index (χ4v) is 5.02. The van der Waals surface area contributed by atoms with Crippen molar-refractivity contribution in [1.82, 2.24) is 9.88 Å². The van der Waals surface area contributed by atoms with Gasteiger partial charge in [-0.05, 0) is 55.8 Å². The van der Waals surface area contributed by atoms with E-state index in [0.29, 0.717) is 85.4 Å². The van der Waals surface area contributed by atoms with Gasteiger partial charge in [0.05, 0.1) is 18.7 Å². The van der Waals surface area contributed by atoms with Crippen molar-refractivity contribution in [2.75, 3.05) is 45.3 Å². The molecule has 10 heteroatoms. The number of aliphatic hydroxyl groups excluding tert-OH is 1. The number of likely N-dealkylation sites (tertiary alicyclic amines) is 1. The molecule has 2 aromatic carbocycles. The van der Waals surface area contributed by atoms with Gasteiger partial charge in [0.1, 0.15) is 13.2 Å². The lowest BCUT2D eigenvalue weighted by atomic mass is 9.94. The van der Waals surface area contributed by atoms with Crippen molar-refractivity contribution in [3.05, 3.63) is 59.7 Å². The van der Waals surface area contributed by atoms with E-state index < -0.39 is 12.1 Å². The largest absolute Gasteiger partial charge is 0.486 e. The number of carboxylic acids is 1. The molecular formula is C29H31N3O7. The number of aliphatic carboxylic acids is 1. The van der Waals surface area contributed by atoms with Crippen LogP contribution in [0, 0.1) is 5.92 Å². The van der Waals surface area contributed by atoms with Crippen molar-refractivity contribution < 1.29 is 34.0 Å². The number of piperidine rings is 1. The quantitative estimate of drug-likeness (QED) is 0.373. The number of carbonyl (C=O) groups excluding carboxylic acids is 1. The highest BCUT2D eigenvalue weighted by molar-refractivity contribution is 5.95. The second-order valence-electron chi connectivity index (χ2n) is 9.60. The molecule has 1 saturated heterocycles. The Labute approximate surface area is 225 Å². The van der Waals surface area contributed by atoms with E-state index >= 15 is 0 Å². The zero-order valence-electron chi connectivity index (χ0n) is 21.6. The first-order valence-corrected chi connectivity index (χ1v) is 12.9. The molecule has 0 bridgehead atoms. The van der Waals surface area contributed by atoms with Crippen molar-refractivity contribution in [3.63, 3.8) is 0 Å². The molecule has 1 amide bonds. The number of nitrogens with zero attached hydrogens (tertiary/aromatic N) is 2. The van der Waals surface area contributed by atoms with Gasteiger partial charge in [-0.25, -0.2) is 9.78 Å². The number of rotatable bonds is 8. The summed E-state index contributed by atoms with van der Waals surface area (Å²) in [7, 11) is 1.52. The lowest BCUT2D eigenvalue weighted by Crippen LogP contribution is -2.40. The Hall–Kier alpha value is -4.15. The van der Waals surface area contributed by atoms with Crippen LogP contribution >= 0.6 is 0 Å². The van der Waals surface area contributed by atoms with Crippen molar-refractivity contribution >= 4 is 34.5 Å². The van der Waals surface area contributed by atoms with E-state index in [9.17, 15) is 14.7 Å². The molecule has 3 N–H and O–H groups in total. The molecule has 1 aromatic heterocycles. The first kappa shape index (κ1) is 26.5. The van der Waals surface area contributed by atoms with Crippen LogP contribution in [0.5, 0.6) is 17.4 Å². The van der Waals surface area contributed by atoms with Crippen LogP contribution in [0.4, 0.5) is 5.69 Å². The molecule has 39 heavy (non-hydrogen) atoms. The number of fused-ring (bicyclic) bond motifs is 2. The molecule has 1 atom stereocenters. The zero-order chi connectivity index (χ0) is 27.4. The van der Waals surface area contributed by atoms with Gasteiger partial charge < -0.3 is 34.6 Å². The number of carboxylic acid groups (broad SMARTS) is 1. The van der Waals surface area contributed by atoms with Crippen LogP contribution in [0.25, 0.3) is 17.0 Å². The van der Waals surface area contributed by atoms with E-state index in [1.165, 1.54) is 13.2 Å². The smallest absolute Gasteiger partial charge is 0.328 e. The highest BCUT2D eigenvalue weighted by atomic mass is 16.6. The summed E-state index contributed by atoms with van der Waals surface area (Å²) in [6.07, 6.45) is 3.11. The van der Waals surface area contributed by atoms with Crippen LogP contribution < -0.4 is 19.5 Å². The molecule has 0 spiro atoms. The van der Waals surface area contributed by atoms with E-state index in [4.69, 9.17) is 19.3 Å². The number of aliphatic hydroxyl groups is 1. The van der Waals surface area contributed by atoms with Gasteiger partial charge in [0.25, 0.3) is 0 Å². The van der Waals surface area contributed by atoms with Gasteiger partial charge >= 0.3 is 5.97 Å². The second kappa shape index (κ2) is 11.7. The van der Waals surface area contributed by atoms with Gasteiger partial charge in [-0.15, -0.1) is 0 Å². The van der Waals surface area contributed by atoms with E-state index in [0.717, 1.165) is 11.5 Å². The van der Waals surface area contributed by atoms with E-state index in [1.807, 2.05) is 12.1 Å². The molecule has 1 fully saturated rings. The topological polar surface area (TPSA) is 130 Å². The number of hydrogen-bond acceptors (Lipinski definition) is 8. The van der Waals surface area contributed by atoms with Gasteiger partial charge in [0.15, 0.2) is 11.5 Å². The summed E-state index contributed by atoms with van der Waals surface area (Å²) in [5, 5.41) is 23.9. The number of pyridine rings is 1. The Kier molecular flexibility index (Phi) is 7.94. The van der Waals surface area contributed by atoms with Crippen molar-refractivity contribution in [2.24, 2.45) is 5.92 Å². The Morgan fingerprint density at radius 1 is 1.13 bits per heavy atom. The molecule has 1 unspecified atom stereocenters. The third-order valence-electron chi connectivity index (χ3n) is 7.07. The van der Waals surface area contributed by atoms with Gasteiger partial charge in [-0.1, -0.05) is 12.1 Å². The number of β-amino-alcohol motifs (C(OH)–C–C–N with tert-alkyl or cyclic N) is 1. The molecule has 3 heterocycles. The molecular weight excluding hydrogens is 502 g/mol. The molecule has 3 aromatic rings. The second-order valence-corrected chi connectivity index (χ2v) is 9.60. The number of methoxy groups -OCH3 is 1. The third kappa shape index (κ3) is 6.13. The lowest BCUT2D eigenvalue weighted by molar-refractivity contribution is -0.131. The number of aromatic nitrogens is 1. The molecule has 0 radical (unpaired) electrons. The standard InChI is InChI=1S/C29H31N3O7/c1-37-26-8-6-21-18(3-9-27(34)35)2-5-22(28(21)31-26)23(33)17-32-12-10-19(11-13-32)29(36)30-20-4-7-24-25(16-20)39-15-14-38-24/h2-9,16,19,23,33H,10-15,17H2,1H3,(H,30,36)(H,34,35)/b9-3+. The third-order valence-corrected chi connectivity index (χ3v) is 7.07.